The average Bonchev–Trinajstić information content (AvgIpc) is 2.44. The Hall–Kier alpha value is -1.40. The van der Waals surface area contributed by atoms with Gasteiger partial charge in [0.25, 0.3) is 0 Å². The number of hydrazine groups is 1. The largest absolute Gasteiger partial charge is 0.370 e. The minimum atomic E-state index is 0.694. The van der Waals surface area contributed by atoms with Crippen molar-refractivity contribution < 1.29 is 0 Å². The van der Waals surface area contributed by atoms with Crippen molar-refractivity contribution in [3.63, 3.8) is 0 Å². The van der Waals surface area contributed by atoms with E-state index in [4.69, 9.17) is 5.84 Å². The van der Waals surface area contributed by atoms with E-state index in [1.54, 1.807) is 0 Å². The Labute approximate surface area is 121 Å². The van der Waals surface area contributed by atoms with Crippen LogP contribution in [-0.4, -0.2) is 41.5 Å². The first-order chi connectivity index (χ1) is 9.60. The maximum absolute atomic E-state index is 5.47. The van der Waals surface area contributed by atoms with Gasteiger partial charge in [0.05, 0.1) is 0 Å². The molecule has 0 saturated carbocycles. The third kappa shape index (κ3) is 3.80. The molecule has 6 heteroatoms. The second-order valence-electron chi connectivity index (χ2n) is 5.70. The molecule has 4 N–H and O–H groups in total. The molecule has 1 fully saturated rings. The number of nitrogens with two attached hydrogens (primary N) is 1. The number of hydrogen-bond donors (Lipinski definition) is 3. The van der Waals surface area contributed by atoms with Gasteiger partial charge in [-0.25, -0.2) is 15.8 Å². The van der Waals surface area contributed by atoms with E-state index in [9.17, 15) is 0 Å². The van der Waals surface area contributed by atoms with E-state index in [2.05, 4.69) is 32.7 Å². The van der Waals surface area contributed by atoms with Gasteiger partial charge in [0, 0.05) is 12.1 Å². The zero-order chi connectivity index (χ0) is 14.5. The summed E-state index contributed by atoms with van der Waals surface area (Å²) in [6.07, 6.45) is 3.80. The van der Waals surface area contributed by atoms with Crippen molar-refractivity contribution >= 4 is 11.6 Å². The topological polar surface area (TPSA) is 79.1 Å². The Morgan fingerprint density at radius 3 is 2.50 bits per heavy atom. The maximum Gasteiger partial charge on any atom is 0.148 e. The molecule has 1 aliphatic heterocycles. The second-order valence-corrected chi connectivity index (χ2v) is 5.70. The molecule has 0 aliphatic carbocycles. The number of nitrogens with one attached hydrogen (secondary N) is 2. The highest BCUT2D eigenvalue weighted by Gasteiger charge is 2.16. The number of piperidine rings is 1. The molecular weight excluding hydrogens is 252 g/mol. The molecule has 2 rings (SSSR count). The Balaban J connectivity index is 1.86. The third-order valence-electron chi connectivity index (χ3n) is 4.08. The first-order valence-corrected chi connectivity index (χ1v) is 7.34. The Morgan fingerprint density at radius 1 is 1.20 bits per heavy atom. The zero-order valence-electron chi connectivity index (χ0n) is 12.7. The van der Waals surface area contributed by atoms with Gasteiger partial charge in [0.15, 0.2) is 0 Å². The summed E-state index contributed by atoms with van der Waals surface area (Å²) in [5.41, 5.74) is 3.60. The van der Waals surface area contributed by atoms with Crippen molar-refractivity contribution in [3.05, 3.63) is 11.4 Å². The van der Waals surface area contributed by atoms with Crippen molar-refractivity contribution in [1.82, 2.24) is 14.9 Å². The van der Waals surface area contributed by atoms with Gasteiger partial charge in [-0.15, -0.1) is 0 Å². The fourth-order valence-electron chi connectivity index (χ4n) is 2.69. The van der Waals surface area contributed by atoms with E-state index in [1.165, 1.54) is 32.4 Å². The molecule has 0 amide bonds. The predicted octanol–water partition coefficient (Wildman–Crippen LogP) is 1.52. The number of nitrogens with zero attached hydrogens (tertiary/aromatic N) is 3. The van der Waals surface area contributed by atoms with Crippen molar-refractivity contribution in [2.75, 3.05) is 37.4 Å². The molecular formula is C14H26N6. The zero-order valence-corrected chi connectivity index (χ0v) is 12.7. The van der Waals surface area contributed by atoms with Crippen LogP contribution in [-0.2, 0) is 0 Å². The van der Waals surface area contributed by atoms with Crippen LogP contribution in [0.5, 0.6) is 0 Å². The van der Waals surface area contributed by atoms with Crippen molar-refractivity contribution in [3.8, 4) is 0 Å². The monoisotopic (exact) mass is 278 g/mol. The van der Waals surface area contributed by atoms with Crippen LogP contribution in [0.1, 0.15) is 30.7 Å². The molecule has 0 atom stereocenters. The lowest BCUT2D eigenvalue weighted by molar-refractivity contribution is 0.215. The fraction of sp³-hybridized carbons (Fsp3) is 0.714. The first-order valence-electron chi connectivity index (χ1n) is 7.34. The Kier molecular flexibility index (Phi) is 5.14. The molecule has 1 saturated heterocycles. The van der Waals surface area contributed by atoms with Crippen LogP contribution < -0.4 is 16.6 Å². The SMILES string of the molecule is Cc1nc(NN)c(C)c(NCCC2CCN(C)CC2)n1. The fourth-order valence-corrected chi connectivity index (χ4v) is 2.69. The molecule has 0 unspecified atom stereocenters. The summed E-state index contributed by atoms with van der Waals surface area (Å²) in [5.74, 6) is 8.61. The van der Waals surface area contributed by atoms with E-state index in [0.29, 0.717) is 5.82 Å². The molecule has 0 aromatic carbocycles. The van der Waals surface area contributed by atoms with Crippen molar-refractivity contribution in [2.24, 2.45) is 11.8 Å². The third-order valence-corrected chi connectivity index (χ3v) is 4.08. The number of hydrogen-bond acceptors (Lipinski definition) is 6. The molecule has 20 heavy (non-hydrogen) atoms. The highest BCUT2D eigenvalue weighted by atomic mass is 15.3. The number of likely N-dealkylation sites (tertiary alicyclic amines) is 1. The summed E-state index contributed by atoms with van der Waals surface area (Å²) < 4.78 is 0. The standard InChI is InChI=1S/C14H26N6/c1-10-13(17-11(2)18-14(10)19-15)16-7-4-12-5-8-20(3)9-6-12/h12H,4-9,15H2,1-3H3,(H2,16,17,18,19). The normalized spacial score (nSPS) is 17.2. The summed E-state index contributed by atoms with van der Waals surface area (Å²) in [6, 6.07) is 0. The number of rotatable bonds is 5. The highest BCUT2D eigenvalue weighted by Crippen LogP contribution is 2.21. The first kappa shape index (κ1) is 15.0. The van der Waals surface area contributed by atoms with Gasteiger partial charge in [0.2, 0.25) is 0 Å². The smallest absolute Gasteiger partial charge is 0.148 e. The van der Waals surface area contributed by atoms with Crippen molar-refractivity contribution in [2.45, 2.75) is 33.1 Å². The summed E-state index contributed by atoms with van der Waals surface area (Å²) in [5, 5.41) is 3.43. The van der Waals surface area contributed by atoms with Gasteiger partial charge in [-0.2, -0.15) is 0 Å². The van der Waals surface area contributed by atoms with Crippen LogP contribution in [0.25, 0.3) is 0 Å². The second kappa shape index (κ2) is 6.85. The van der Waals surface area contributed by atoms with Crippen LogP contribution in [0.2, 0.25) is 0 Å². The Morgan fingerprint density at radius 2 is 1.85 bits per heavy atom. The lowest BCUT2D eigenvalue weighted by Gasteiger charge is -2.29. The van der Waals surface area contributed by atoms with Crippen LogP contribution >= 0.6 is 0 Å². The molecule has 0 bridgehead atoms. The molecule has 112 valence electrons. The number of aromatic nitrogens is 2. The molecule has 2 heterocycles. The quantitative estimate of drug-likeness (QED) is 0.560. The summed E-state index contributed by atoms with van der Waals surface area (Å²) >= 11 is 0. The molecule has 0 spiro atoms. The molecule has 6 nitrogen and oxygen atoms in total. The lowest BCUT2D eigenvalue weighted by atomic mass is 9.94. The molecule has 1 aliphatic rings. The summed E-state index contributed by atoms with van der Waals surface area (Å²) in [6.45, 7) is 7.25. The van der Waals surface area contributed by atoms with E-state index >= 15 is 0 Å². The Bertz CT molecular complexity index is 440. The minimum absolute atomic E-state index is 0.694. The van der Waals surface area contributed by atoms with E-state index in [0.717, 1.165) is 29.7 Å². The van der Waals surface area contributed by atoms with Gasteiger partial charge >= 0.3 is 0 Å². The molecule has 1 aromatic rings. The lowest BCUT2D eigenvalue weighted by Crippen LogP contribution is -2.31. The number of nitrogen functional groups attached to an aromatic ring is 1. The minimum Gasteiger partial charge on any atom is -0.370 e. The van der Waals surface area contributed by atoms with Gasteiger partial charge in [-0.05, 0) is 59.2 Å². The van der Waals surface area contributed by atoms with Crippen LogP contribution in [0.15, 0.2) is 0 Å². The van der Waals surface area contributed by atoms with Crippen LogP contribution in [0.4, 0.5) is 11.6 Å². The van der Waals surface area contributed by atoms with Crippen LogP contribution in [0.3, 0.4) is 0 Å². The van der Waals surface area contributed by atoms with E-state index in [1.807, 2.05) is 13.8 Å². The molecule has 1 aromatic heterocycles. The van der Waals surface area contributed by atoms with Crippen molar-refractivity contribution in [1.29, 1.82) is 0 Å². The predicted molar refractivity (Wildman–Crippen MR) is 82.6 cm³/mol. The van der Waals surface area contributed by atoms with Gasteiger partial charge in [-0.3, -0.25) is 0 Å². The summed E-state index contributed by atoms with van der Waals surface area (Å²) in [4.78, 5) is 11.1. The van der Waals surface area contributed by atoms with Gasteiger partial charge in [0.1, 0.15) is 17.5 Å². The van der Waals surface area contributed by atoms with E-state index in [-0.39, 0.29) is 0 Å². The average molecular weight is 278 g/mol. The van der Waals surface area contributed by atoms with E-state index < -0.39 is 0 Å². The molecule has 0 radical (unpaired) electrons. The van der Waals surface area contributed by atoms with Gasteiger partial charge in [-0.1, -0.05) is 0 Å². The maximum atomic E-state index is 5.47. The number of aryl methyl sites for hydroxylation is 1. The van der Waals surface area contributed by atoms with Crippen LogP contribution in [0, 0.1) is 19.8 Å². The highest BCUT2D eigenvalue weighted by molar-refractivity contribution is 5.56. The van der Waals surface area contributed by atoms with Gasteiger partial charge < -0.3 is 15.6 Å². The summed E-state index contributed by atoms with van der Waals surface area (Å²) in [7, 11) is 2.20. The number of anilines is 2.